The Morgan fingerprint density at radius 2 is 2.14 bits per heavy atom. The van der Waals surface area contributed by atoms with E-state index in [1.807, 2.05) is 24.3 Å². The van der Waals surface area contributed by atoms with E-state index in [4.69, 9.17) is 5.11 Å². The number of nitrogens with zero attached hydrogens (tertiary/aromatic N) is 2. The number of fused-ring (bicyclic) bond motifs is 1. The third-order valence-electron chi connectivity index (χ3n) is 1.90. The summed E-state index contributed by atoms with van der Waals surface area (Å²) in [5.74, 6) is 0.677. The van der Waals surface area contributed by atoms with Crippen molar-refractivity contribution in [2.45, 2.75) is 6.42 Å². The molecule has 0 bridgehead atoms. The van der Waals surface area contributed by atoms with E-state index in [1.165, 1.54) is 0 Å². The van der Waals surface area contributed by atoms with Crippen LogP contribution in [0.15, 0.2) is 42.8 Å². The van der Waals surface area contributed by atoms with E-state index in [1.54, 1.807) is 6.20 Å². The van der Waals surface area contributed by atoms with Gasteiger partial charge in [0.15, 0.2) is 0 Å². The van der Waals surface area contributed by atoms with Crippen molar-refractivity contribution < 1.29 is 5.11 Å². The van der Waals surface area contributed by atoms with Crippen LogP contribution >= 0.6 is 0 Å². The Balaban J connectivity index is 2.46. The normalized spacial score (nSPS) is 10.3. The van der Waals surface area contributed by atoms with Crippen LogP contribution in [0.2, 0.25) is 0 Å². The van der Waals surface area contributed by atoms with Gasteiger partial charge < -0.3 is 5.11 Å². The zero-order valence-corrected chi connectivity index (χ0v) is 7.64. The van der Waals surface area contributed by atoms with Gasteiger partial charge in [-0.3, -0.25) is 0 Å². The standard InChI is InChI=1S/C11H10N2O/c1-8(14)6-11-12-7-9-4-2-3-5-10(9)13-11/h2-5,7,14H,1,6H2. The van der Waals surface area contributed by atoms with E-state index in [0.29, 0.717) is 12.2 Å². The molecule has 0 spiro atoms. The van der Waals surface area contributed by atoms with Crippen molar-refractivity contribution in [3.8, 4) is 0 Å². The van der Waals surface area contributed by atoms with E-state index in [-0.39, 0.29) is 5.76 Å². The lowest BCUT2D eigenvalue weighted by Crippen LogP contribution is -1.96. The molecule has 2 rings (SSSR count). The molecule has 70 valence electrons. The molecule has 0 aliphatic heterocycles. The summed E-state index contributed by atoms with van der Waals surface area (Å²) in [6, 6.07) is 7.73. The molecular weight excluding hydrogens is 176 g/mol. The first-order valence-corrected chi connectivity index (χ1v) is 4.33. The fourth-order valence-corrected chi connectivity index (χ4v) is 1.28. The summed E-state index contributed by atoms with van der Waals surface area (Å²) in [6.07, 6.45) is 2.06. The number of rotatable bonds is 2. The average Bonchev–Trinajstić information content (AvgIpc) is 2.17. The van der Waals surface area contributed by atoms with Crippen molar-refractivity contribution in [1.82, 2.24) is 9.97 Å². The van der Waals surface area contributed by atoms with E-state index in [9.17, 15) is 0 Å². The molecule has 0 fully saturated rings. The van der Waals surface area contributed by atoms with Crippen LogP contribution < -0.4 is 0 Å². The first-order valence-electron chi connectivity index (χ1n) is 4.33. The van der Waals surface area contributed by atoms with Crippen LogP contribution in [0.4, 0.5) is 0 Å². The highest BCUT2D eigenvalue weighted by molar-refractivity contribution is 5.77. The van der Waals surface area contributed by atoms with Gasteiger partial charge in [-0.2, -0.15) is 0 Å². The second-order valence-electron chi connectivity index (χ2n) is 3.09. The molecule has 0 amide bonds. The van der Waals surface area contributed by atoms with Crippen LogP contribution in [0.25, 0.3) is 10.9 Å². The summed E-state index contributed by atoms with van der Waals surface area (Å²) >= 11 is 0. The third-order valence-corrected chi connectivity index (χ3v) is 1.90. The SMILES string of the molecule is C=C(O)Cc1ncc2ccccc2n1. The van der Waals surface area contributed by atoms with E-state index < -0.39 is 0 Å². The van der Waals surface area contributed by atoms with Crippen molar-refractivity contribution in [3.63, 3.8) is 0 Å². The number of hydrogen-bond donors (Lipinski definition) is 1. The van der Waals surface area contributed by atoms with E-state index in [0.717, 1.165) is 10.9 Å². The smallest absolute Gasteiger partial charge is 0.136 e. The predicted octanol–water partition coefficient (Wildman–Crippen LogP) is 2.24. The highest BCUT2D eigenvalue weighted by Crippen LogP contribution is 2.10. The summed E-state index contributed by atoms with van der Waals surface area (Å²) in [6.45, 7) is 3.41. The first-order chi connectivity index (χ1) is 6.75. The molecule has 0 unspecified atom stereocenters. The second kappa shape index (κ2) is 3.46. The zero-order valence-electron chi connectivity index (χ0n) is 7.64. The molecule has 3 nitrogen and oxygen atoms in total. The number of aromatic nitrogens is 2. The predicted molar refractivity (Wildman–Crippen MR) is 55.0 cm³/mol. The summed E-state index contributed by atoms with van der Waals surface area (Å²) in [5, 5.41) is 10.0. The molecular formula is C11H10N2O. The largest absolute Gasteiger partial charge is 0.512 e. The monoisotopic (exact) mass is 186 g/mol. The third kappa shape index (κ3) is 1.71. The molecule has 1 heterocycles. The highest BCUT2D eigenvalue weighted by Gasteiger charge is 2.00. The van der Waals surface area contributed by atoms with Crippen LogP contribution in [-0.2, 0) is 6.42 Å². The Morgan fingerprint density at radius 3 is 2.93 bits per heavy atom. The molecule has 2 aromatic rings. The summed E-state index contributed by atoms with van der Waals surface area (Å²) < 4.78 is 0. The molecule has 0 atom stereocenters. The van der Waals surface area contributed by atoms with Crippen molar-refractivity contribution in [3.05, 3.63) is 48.6 Å². The maximum atomic E-state index is 9.00. The quantitative estimate of drug-likeness (QED) is 0.731. The lowest BCUT2D eigenvalue weighted by atomic mass is 10.2. The van der Waals surface area contributed by atoms with Crippen LogP contribution in [0.5, 0.6) is 0 Å². The van der Waals surface area contributed by atoms with Crippen molar-refractivity contribution in [2.24, 2.45) is 0 Å². The van der Waals surface area contributed by atoms with Gasteiger partial charge in [0.25, 0.3) is 0 Å². The molecule has 1 aromatic heterocycles. The topological polar surface area (TPSA) is 46.0 Å². The van der Waals surface area contributed by atoms with Crippen LogP contribution in [0.3, 0.4) is 0 Å². The maximum Gasteiger partial charge on any atom is 0.136 e. The van der Waals surface area contributed by atoms with Gasteiger partial charge in [0.1, 0.15) is 5.82 Å². The Hall–Kier alpha value is -1.90. The van der Waals surface area contributed by atoms with Gasteiger partial charge in [-0.15, -0.1) is 0 Å². The van der Waals surface area contributed by atoms with Gasteiger partial charge in [-0.25, -0.2) is 9.97 Å². The van der Waals surface area contributed by atoms with E-state index >= 15 is 0 Å². The highest BCUT2D eigenvalue weighted by atomic mass is 16.3. The van der Waals surface area contributed by atoms with E-state index in [2.05, 4.69) is 16.5 Å². The second-order valence-corrected chi connectivity index (χ2v) is 3.09. The summed E-state index contributed by atoms with van der Waals surface area (Å²) in [4.78, 5) is 8.40. The molecule has 0 radical (unpaired) electrons. The number of allylic oxidation sites excluding steroid dienone is 1. The molecule has 0 saturated heterocycles. The van der Waals surface area contributed by atoms with Crippen molar-refractivity contribution >= 4 is 10.9 Å². The fourth-order valence-electron chi connectivity index (χ4n) is 1.28. The van der Waals surface area contributed by atoms with Crippen LogP contribution in [0, 0.1) is 0 Å². The Morgan fingerprint density at radius 1 is 1.36 bits per heavy atom. The average molecular weight is 186 g/mol. The van der Waals surface area contributed by atoms with Gasteiger partial charge >= 0.3 is 0 Å². The van der Waals surface area contributed by atoms with Crippen molar-refractivity contribution in [2.75, 3.05) is 0 Å². The molecule has 0 saturated carbocycles. The number of para-hydroxylation sites is 1. The molecule has 1 aromatic carbocycles. The van der Waals surface area contributed by atoms with Crippen LogP contribution in [0.1, 0.15) is 5.82 Å². The lowest BCUT2D eigenvalue weighted by molar-refractivity contribution is 0.399. The van der Waals surface area contributed by atoms with Gasteiger partial charge in [0.2, 0.25) is 0 Å². The Bertz CT molecular complexity index is 479. The van der Waals surface area contributed by atoms with Gasteiger partial charge in [0.05, 0.1) is 17.7 Å². The molecule has 1 N–H and O–H groups in total. The fraction of sp³-hybridized carbons (Fsp3) is 0.0909. The molecule has 3 heteroatoms. The first kappa shape index (κ1) is 8.69. The Kier molecular flexibility index (Phi) is 2.14. The molecule has 0 aliphatic carbocycles. The van der Waals surface area contributed by atoms with Crippen molar-refractivity contribution in [1.29, 1.82) is 0 Å². The number of benzene rings is 1. The zero-order chi connectivity index (χ0) is 9.97. The number of aliphatic hydroxyl groups excluding tert-OH is 1. The minimum Gasteiger partial charge on any atom is -0.512 e. The maximum absolute atomic E-state index is 9.00. The summed E-state index contributed by atoms with van der Waals surface area (Å²) in [5.41, 5.74) is 0.888. The van der Waals surface area contributed by atoms with Crippen LogP contribution in [-0.4, -0.2) is 15.1 Å². The molecule has 14 heavy (non-hydrogen) atoms. The minimum absolute atomic E-state index is 0.0836. The lowest BCUT2D eigenvalue weighted by Gasteiger charge is -2.00. The van der Waals surface area contributed by atoms with Gasteiger partial charge in [0, 0.05) is 11.6 Å². The summed E-state index contributed by atoms with van der Waals surface area (Å²) in [7, 11) is 0. The van der Waals surface area contributed by atoms with Gasteiger partial charge in [-0.05, 0) is 6.07 Å². The number of hydrogen-bond acceptors (Lipinski definition) is 3. The molecule has 0 aliphatic rings. The van der Waals surface area contributed by atoms with Gasteiger partial charge in [-0.1, -0.05) is 24.8 Å². The minimum atomic E-state index is 0.0836. The Labute approximate surface area is 81.8 Å². The number of aliphatic hydroxyl groups is 1.